The molecule has 2 heterocycles. The predicted molar refractivity (Wildman–Crippen MR) is 72.0 cm³/mol. The van der Waals surface area contributed by atoms with Crippen molar-refractivity contribution in [2.24, 2.45) is 5.73 Å². The van der Waals surface area contributed by atoms with E-state index in [4.69, 9.17) is 11.1 Å². The minimum atomic E-state index is -0.0155. The maximum Gasteiger partial charge on any atom is 0.226 e. The molecule has 2 rings (SSSR count). The van der Waals surface area contributed by atoms with Crippen molar-refractivity contribution in [1.29, 1.82) is 5.41 Å². The van der Waals surface area contributed by atoms with Crippen molar-refractivity contribution in [1.82, 2.24) is 14.9 Å². The minimum Gasteiger partial charge on any atom is -0.382 e. The standard InChI is InChI=1S/C12H20N6/c1-9-8-17(2)6-3-7-18(9)12-15-5-4-10(16-12)11(13)14/h4-5,9H,3,6-8H2,1-2H3,(H3,13,14). The first kappa shape index (κ1) is 12.8. The van der Waals surface area contributed by atoms with Crippen LogP contribution in [0, 0.1) is 5.41 Å². The van der Waals surface area contributed by atoms with Crippen LogP contribution in [-0.2, 0) is 0 Å². The number of rotatable bonds is 2. The minimum absolute atomic E-state index is 0.0155. The first-order valence-electron chi connectivity index (χ1n) is 6.20. The molecule has 1 fully saturated rings. The average molecular weight is 248 g/mol. The van der Waals surface area contributed by atoms with Crippen molar-refractivity contribution in [2.75, 3.05) is 31.6 Å². The normalized spacial score (nSPS) is 21.7. The second kappa shape index (κ2) is 5.30. The van der Waals surface area contributed by atoms with Gasteiger partial charge in [0.25, 0.3) is 0 Å². The summed E-state index contributed by atoms with van der Waals surface area (Å²) >= 11 is 0. The Labute approximate surface area is 107 Å². The van der Waals surface area contributed by atoms with E-state index in [0.29, 0.717) is 17.7 Å². The molecule has 0 aromatic carbocycles. The quantitative estimate of drug-likeness (QED) is 0.581. The van der Waals surface area contributed by atoms with Crippen molar-refractivity contribution in [3.63, 3.8) is 0 Å². The van der Waals surface area contributed by atoms with Gasteiger partial charge in [-0.3, -0.25) is 5.41 Å². The number of amidine groups is 1. The number of likely N-dealkylation sites (N-methyl/N-ethyl adjacent to an activating group) is 1. The lowest BCUT2D eigenvalue weighted by atomic mass is 10.3. The fraction of sp³-hybridized carbons (Fsp3) is 0.583. The molecule has 1 aliphatic rings. The molecule has 0 amide bonds. The Bertz CT molecular complexity index is 432. The van der Waals surface area contributed by atoms with E-state index in [1.807, 2.05) is 0 Å². The Morgan fingerprint density at radius 3 is 3.00 bits per heavy atom. The Morgan fingerprint density at radius 1 is 1.50 bits per heavy atom. The molecule has 1 unspecified atom stereocenters. The number of nitrogens with zero attached hydrogens (tertiary/aromatic N) is 4. The van der Waals surface area contributed by atoms with Gasteiger partial charge in [-0.2, -0.15) is 0 Å². The monoisotopic (exact) mass is 248 g/mol. The van der Waals surface area contributed by atoms with Crippen LogP contribution in [0.15, 0.2) is 12.3 Å². The molecule has 18 heavy (non-hydrogen) atoms. The summed E-state index contributed by atoms with van der Waals surface area (Å²) < 4.78 is 0. The van der Waals surface area contributed by atoms with Crippen LogP contribution in [0.25, 0.3) is 0 Å². The zero-order valence-corrected chi connectivity index (χ0v) is 10.9. The highest BCUT2D eigenvalue weighted by atomic mass is 15.3. The molecule has 1 aliphatic heterocycles. The van der Waals surface area contributed by atoms with E-state index in [1.165, 1.54) is 0 Å². The summed E-state index contributed by atoms with van der Waals surface area (Å²) in [6.07, 6.45) is 2.76. The third-order valence-electron chi connectivity index (χ3n) is 3.22. The second-order valence-electron chi connectivity index (χ2n) is 4.81. The molecule has 0 aliphatic carbocycles. The molecule has 3 N–H and O–H groups in total. The summed E-state index contributed by atoms with van der Waals surface area (Å²) in [5, 5.41) is 7.43. The van der Waals surface area contributed by atoms with Crippen molar-refractivity contribution >= 4 is 11.8 Å². The van der Waals surface area contributed by atoms with Crippen LogP contribution in [0.5, 0.6) is 0 Å². The van der Waals surface area contributed by atoms with E-state index < -0.39 is 0 Å². The molecule has 98 valence electrons. The number of hydrogen-bond donors (Lipinski definition) is 2. The molecule has 1 saturated heterocycles. The van der Waals surface area contributed by atoms with Crippen LogP contribution in [0.2, 0.25) is 0 Å². The van der Waals surface area contributed by atoms with Crippen LogP contribution in [0.3, 0.4) is 0 Å². The van der Waals surface area contributed by atoms with Gasteiger partial charge in [0.05, 0.1) is 0 Å². The third-order valence-corrected chi connectivity index (χ3v) is 3.22. The molecule has 0 bridgehead atoms. The van der Waals surface area contributed by atoms with E-state index in [0.717, 1.165) is 26.1 Å². The van der Waals surface area contributed by atoms with Gasteiger partial charge in [0.2, 0.25) is 5.95 Å². The molecule has 6 nitrogen and oxygen atoms in total. The second-order valence-corrected chi connectivity index (χ2v) is 4.81. The first-order valence-corrected chi connectivity index (χ1v) is 6.20. The lowest BCUT2D eigenvalue weighted by Gasteiger charge is -2.28. The van der Waals surface area contributed by atoms with Gasteiger partial charge >= 0.3 is 0 Å². The predicted octanol–water partition coefficient (Wildman–Crippen LogP) is 0.291. The molecule has 1 atom stereocenters. The third kappa shape index (κ3) is 2.76. The molecular formula is C12H20N6. The summed E-state index contributed by atoms with van der Waals surface area (Å²) in [5.41, 5.74) is 5.96. The van der Waals surface area contributed by atoms with Gasteiger partial charge in [0.1, 0.15) is 11.5 Å². The summed E-state index contributed by atoms with van der Waals surface area (Å²) in [5.74, 6) is 0.656. The smallest absolute Gasteiger partial charge is 0.226 e. The number of nitrogen functional groups attached to an aromatic ring is 1. The summed E-state index contributed by atoms with van der Waals surface area (Å²) in [6.45, 7) is 5.19. The van der Waals surface area contributed by atoms with Gasteiger partial charge in [-0.05, 0) is 33.0 Å². The van der Waals surface area contributed by atoms with Crippen LogP contribution < -0.4 is 10.6 Å². The van der Waals surface area contributed by atoms with Gasteiger partial charge in [0.15, 0.2) is 0 Å². The summed E-state index contributed by atoms with van der Waals surface area (Å²) in [7, 11) is 2.13. The van der Waals surface area contributed by atoms with Crippen LogP contribution in [-0.4, -0.2) is 53.4 Å². The fourth-order valence-corrected chi connectivity index (χ4v) is 2.31. The molecule has 0 spiro atoms. The van der Waals surface area contributed by atoms with Gasteiger partial charge in [-0.25, -0.2) is 9.97 Å². The zero-order valence-electron chi connectivity index (χ0n) is 10.9. The van der Waals surface area contributed by atoms with Gasteiger partial charge in [0, 0.05) is 25.3 Å². The van der Waals surface area contributed by atoms with Gasteiger partial charge < -0.3 is 15.5 Å². The maximum atomic E-state index is 7.43. The molecular weight excluding hydrogens is 228 g/mol. The van der Waals surface area contributed by atoms with Crippen molar-refractivity contribution < 1.29 is 0 Å². The number of anilines is 1. The van der Waals surface area contributed by atoms with E-state index >= 15 is 0 Å². The summed E-state index contributed by atoms with van der Waals surface area (Å²) in [4.78, 5) is 13.2. The van der Waals surface area contributed by atoms with Crippen LogP contribution >= 0.6 is 0 Å². The average Bonchev–Trinajstić information content (AvgIpc) is 2.50. The first-order chi connectivity index (χ1) is 8.58. The van der Waals surface area contributed by atoms with Crippen LogP contribution in [0.1, 0.15) is 19.0 Å². The largest absolute Gasteiger partial charge is 0.382 e. The fourth-order valence-electron chi connectivity index (χ4n) is 2.31. The molecule has 1 aromatic heterocycles. The Kier molecular flexibility index (Phi) is 3.76. The number of aromatic nitrogens is 2. The Morgan fingerprint density at radius 2 is 2.28 bits per heavy atom. The highest BCUT2D eigenvalue weighted by molar-refractivity contribution is 5.93. The maximum absolute atomic E-state index is 7.43. The summed E-state index contributed by atoms with van der Waals surface area (Å²) in [6, 6.07) is 2.03. The van der Waals surface area contributed by atoms with E-state index in [-0.39, 0.29) is 5.84 Å². The van der Waals surface area contributed by atoms with Crippen molar-refractivity contribution in [3.05, 3.63) is 18.0 Å². The zero-order chi connectivity index (χ0) is 13.1. The van der Waals surface area contributed by atoms with Gasteiger partial charge in [-0.15, -0.1) is 0 Å². The SMILES string of the molecule is CC1CN(C)CCCN1c1nccc(C(=N)N)n1. The lowest BCUT2D eigenvalue weighted by molar-refractivity contribution is 0.337. The lowest BCUT2D eigenvalue weighted by Crippen LogP contribution is -2.39. The van der Waals surface area contributed by atoms with Crippen molar-refractivity contribution in [2.45, 2.75) is 19.4 Å². The highest BCUT2D eigenvalue weighted by Crippen LogP contribution is 2.15. The Balaban J connectivity index is 2.24. The Hall–Kier alpha value is -1.69. The molecule has 0 saturated carbocycles. The number of hydrogen-bond acceptors (Lipinski definition) is 5. The van der Waals surface area contributed by atoms with Gasteiger partial charge in [-0.1, -0.05) is 0 Å². The topological polar surface area (TPSA) is 82.1 Å². The van der Waals surface area contributed by atoms with E-state index in [9.17, 15) is 0 Å². The number of nitrogens with two attached hydrogens (primary N) is 1. The van der Waals surface area contributed by atoms with Crippen molar-refractivity contribution in [3.8, 4) is 0 Å². The molecule has 1 aromatic rings. The highest BCUT2D eigenvalue weighted by Gasteiger charge is 2.22. The molecule has 0 radical (unpaired) electrons. The molecule has 6 heteroatoms. The van der Waals surface area contributed by atoms with E-state index in [1.54, 1.807) is 12.3 Å². The van der Waals surface area contributed by atoms with Crippen LogP contribution in [0.4, 0.5) is 5.95 Å². The van der Waals surface area contributed by atoms with E-state index in [2.05, 4.69) is 33.7 Å². The number of nitrogens with one attached hydrogen (secondary N) is 1.